The average Bonchev–Trinajstić information content (AvgIpc) is 2.68. The van der Waals surface area contributed by atoms with Gasteiger partial charge in [-0.25, -0.2) is 9.78 Å². The second kappa shape index (κ2) is 8.16. The molecule has 152 valence electrons. The number of fused-ring (bicyclic) bond motifs is 1. The maximum atomic E-state index is 12.9. The number of carbonyl (C=O) groups is 1. The summed E-state index contributed by atoms with van der Waals surface area (Å²) < 4.78 is 48.8. The molecule has 0 radical (unpaired) electrons. The number of halogens is 4. The van der Waals surface area contributed by atoms with E-state index in [1.807, 2.05) is 0 Å². The molecule has 1 unspecified atom stereocenters. The average molecular weight is 425 g/mol. The molecule has 0 fully saturated rings. The molecule has 0 saturated heterocycles. The van der Waals surface area contributed by atoms with Crippen LogP contribution in [0.2, 0.25) is 5.02 Å². The molecule has 0 aliphatic heterocycles. The van der Waals surface area contributed by atoms with E-state index in [4.69, 9.17) is 16.3 Å². The number of benzene rings is 2. The zero-order valence-electron chi connectivity index (χ0n) is 15.4. The minimum atomic E-state index is -4.42. The van der Waals surface area contributed by atoms with Crippen LogP contribution in [0.1, 0.15) is 12.5 Å². The number of alkyl halides is 3. The highest BCUT2D eigenvalue weighted by molar-refractivity contribution is 6.30. The maximum absolute atomic E-state index is 12.9. The van der Waals surface area contributed by atoms with Gasteiger partial charge in [-0.1, -0.05) is 11.6 Å². The number of carbonyl (C=O) groups excluding carboxylic acids is 1. The van der Waals surface area contributed by atoms with E-state index in [1.165, 1.54) is 32.2 Å². The van der Waals surface area contributed by atoms with Gasteiger partial charge in [0, 0.05) is 16.5 Å². The number of aromatic nitrogens is 1. The van der Waals surface area contributed by atoms with Gasteiger partial charge in [0.05, 0.1) is 23.9 Å². The number of anilines is 2. The van der Waals surface area contributed by atoms with E-state index in [9.17, 15) is 18.0 Å². The lowest BCUT2D eigenvalue weighted by molar-refractivity contribution is -0.147. The van der Waals surface area contributed by atoms with Crippen molar-refractivity contribution in [2.75, 3.05) is 12.4 Å². The number of nitrogens with zero attached hydrogens (tertiary/aromatic N) is 1. The number of pyridine rings is 1. The molecule has 1 atom stereocenters. The fraction of sp³-hybridized carbons (Fsp3) is 0.200. The van der Waals surface area contributed by atoms with Crippen molar-refractivity contribution >= 4 is 40.0 Å². The molecule has 0 aliphatic rings. The van der Waals surface area contributed by atoms with Gasteiger partial charge in [-0.15, -0.1) is 0 Å². The largest absolute Gasteiger partial charge is 0.477 e. The highest BCUT2D eigenvalue weighted by atomic mass is 35.5. The molecule has 9 heteroatoms. The molecular formula is C20H16ClF3N2O3. The van der Waals surface area contributed by atoms with Crippen molar-refractivity contribution in [3.63, 3.8) is 0 Å². The van der Waals surface area contributed by atoms with Crippen molar-refractivity contribution in [2.45, 2.75) is 19.2 Å². The summed E-state index contributed by atoms with van der Waals surface area (Å²) in [6.07, 6.45) is -5.29. The van der Waals surface area contributed by atoms with Crippen LogP contribution in [-0.4, -0.2) is 24.2 Å². The van der Waals surface area contributed by atoms with Crippen LogP contribution in [-0.2, 0) is 15.7 Å². The zero-order chi connectivity index (χ0) is 21.2. The van der Waals surface area contributed by atoms with E-state index in [1.54, 1.807) is 18.2 Å². The Morgan fingerprint density at radius 3 is 2.59 bits per heavy atom. The Labute approximate surface area is 169 Å². The normalized spacial score (nSPS) is 12.5. The van der Waals surface area contributed by atoms with Crippen LogP contribution in [0, 0.1) is 0 Å². The number of methoxy groups -OCH3 is 1. The van der Waals surface area contributed by atoms with Crippen LogP contribution in [0.4, 0.5) is 24.7 Å². The van der Waals surface area contributed by atoms with Crippen molar-refractivity contribution < 1.29 is 27.4 Å². The smallest absolute Gasteiger partial charge is 0.416 e. The fourth-order valence-corrected chi connectivity index (χ4v) is 2.77. The summed E-state index contributed by atoms with van der Waals surface area (Å²) in [6, 6.07) is 11.2. The second-order valence-corrected chi connectivity index (χ2v) is 6.59. The van der Waals surface area contributed by atoms with E-state index in [2.05, 4.69) is 15.0 Å². The van der Waals surface area contributed by atoms with Crippen LogP contribution in [0.25, 0.3) is 10.9 Å². The lowest BCUT2D eigenvalue weighted by atomic mass is 10.1. The minimum absolute atomic E-state index is 0.296. The number of rotatable bonds is 5. The lowest BCUT2D eigenvalue weighted by Crippen LogP contribution is -2.25. The van der Waals surface area contributed by atoms with Crippen molar-refractivity contribution in [3.05, 3.63) is 59.1 Å². The lowest BCUT2D eigenvalue weighted by Gasteiger charge is -2.17. The fourth-order valence-electron chi connectivity index (χ4n) is 2.61. The van der Waals surface area contributed by atoms with Crippen molar-refractivity contribution in [3.8, 4) is 5.75 Å². The van der Waals surface area contributed by atoms with Gasteiger partial charge in [0.1, 0.15) is 11.6 Å². The van der Waals surface area contributed by atoms with Gasteiger partial charge in [0.15, 0.2) is 6.10 Å². The quantitative estimate of drug-likeness (QED) is 0.541. The summed E-state index contributed by atoms with van der Waals surface area (Å²) >= 11 is 6.01. The van der Waals surface area contributed by atoms with Gasteiger partial charge in [-0.3, -0.25) is 0 Å². The monoisotopic (exact) mass is 424 g/mol. The standard InChI is InChI=1S/C20H16ClF3N2O3/c1-11(19(27)28-2)29-17-10-14(21)5-7-16(17)26-18-8-3-12-9-13(20(22,23)24)4-6-15(12)25-18/h3-11H,1-2H3,(H,25,26). The molecule has 0 saturated carbocycles. The van der Waals surface area contributed by atoms with Crippen molar-refractivity contribution in [1.82, 2.24) is 4.98 Å². The van der Waals surface area contributed by atoms with E-state index in [0.717, 1.165) is 12.1 Å². The van der Waals surface area contributed by atoms with Gasteiger partial charge >= 0.3 is 12.1 Å². The van der Waals surface area contributed by atoms with E-state index < -0.39 is 23.8 Å². The number of ether oxygens (including phenoxy) is 2. The zero-order valence-corrected chi connectivity index (χ0v) is 16.1. The molecule has 3 aromatic rings. The molecule has 0 amide bonds. The van der Waals surface area contributed by atoms with Crippen molar-refractivity contribution in [1.29, 1.82) is 0 Å². The first-order valence-electron chi connectivity index (χ1n) is 8.46. The third-order valence-corrected chi connectivity index (χ3v) is 4.29. The molecule has 1 heterocycles. The SMILES string of the molecule is COC(=O)C(C)Oc1cc(Cl)ccc1Nc1ccc2cc(C(F)(F)F)ccc2n1. The molecule has 0 spiro atoms. The summed E-state index contributed by atoms with van der Waals surface area (Å²) in [4.78, 5) is 16.0. The van der Waals surface area contributed by atoms with E-state index in [0.29, 0.717) is 33.2 Å². The molecule has 1 N–H and O–H groups in total. The van der Waals surface area contributed by atoms with Gasteiger partial charge in [0.2, 0.25) is 0 Å². The van der Waals surface area contributed by atoms with Gasteiger partial charge in [0.25, 0.3) is 0 Å². The summed E-state index contributed by atoms with van der Waals surface area (Å²) in [5.41, 5.74) is 0.129. The number of nitrogens with one attached hydrogen (secondary N) is 1. The molecular weight excluding hydrogens is 409 g/mol. The Morgan fingerprint density at radius 1 is 1.14 bits per heavy atom. The van der Waals surface area contributed by atoms with Crippen LogP contribution in [0.15, 0.2) is 48.5 Å². The molecule has 0 aliphatic carbocycles. The first-order chi connectivity index (χ1) is 13.7. The topological polar surface area (TPSA) is 60.5 Å². The maximum Gasteiger partial charge on any atom is 0.416 e. The summed E-state index contributed by atoms with van der Waals surface area (Å²) in [5.74, 6) is 0.125. The van der Waals surface area contributed by atoms with Crippen LogP contribution in [0.3, 0.4) is 0 Å². The molecule has 0 bridgehead atoms. The molecule has 5 nitrogen and oxygen atoms in total. The molecule has 29 heavy (non-hydrogen) atoms. The molecule has 3 rings (SSSR count). The highest BCUT2D eigenvalue weighted by Gasteiger charge is 2.30. The Hall–Kier alpha value is -3.00. The highest BCUT2D eigenvalue weighted by Crippen LogP contribution is 2.33. The first-order valence-corrected chi connectivity index (χ1v) is 8.84. The van der Waals surface area contributed by atoms with Crippen LogP contribution < -0.4 is 10.1 Å². The molecule has 2 aromatic carbocycles. The Bertz CT molecular complexity index is 1060. The Balaban J connectivity index is 1.89. The minimum Gasteiger partial charge on any atom is -0.477 e. The predicted octanol–water partition coefficient (Wildman–Crippen LogP) is 5.59. The third kappa shape index (κ3) is 4.89. The third-order valence-electron chi connectivity index (χ3n) is 4.06. The first kappa shape index (κ1) is 20.7. The Morgan fingerprint density at radius 2 is 1.90 bits per heavy atom. The Kier molecular flexibility index (Phi) is 5.83. The van der Waals surface area contributed by atoms with E-state index in [-0.39, 0.29) is 0 Å². The van der Waals surface area contributed by atoms with Crippen LogP contribution in [0.5, 0.6) is 5.75 Å². The van der Waals surface area contributed by atoms with Gasteiger partial charge in [-0.05, 0) is 49.4 Å². The second-order valence-electron chi connectivity index (χ2n) is 6.15. The summed E-state index contributed by atoms with van der Waals surface area (Å²) in [5, 5.41) is 3.79. The summed E-state index contributed by atoms with van der Waals surface area (Å²) in [6.45, 7) is 1.53. The van der Waals surface area contributed by atoms with Gasteiger partial charge in [-0.2, -0.15) is 13.2 Å². The number of hydrogen-bond acceptors (Lipinski definition) is 5. The molecule has 1 aromatic heterocycles. The van der Waals surface area contributed by atoms with E-state index >= 15 is 0 Å². The predicted molar refractivity (Wildman–Crippen MR) is 104 cm³/mol. The number of esters is 1. The van der Waals surface area contributed by atoms with Crippen molar-refractivity contribution in [2.24, 2.45) is 0 Å². The summed E-state index contributed by atoms with van der Waals surface area (Å²) in [7, 11) is 1.25. The number of hydrogen-bond donors (Lipinski definition) is 1. The van der Waals surface area contributed by atoms with Gasteiger partial charge < -0.3 is 14.8 Å². The van der Waals surface area contributed by atoms with Crippen LogP contribution >= 0.6 is 11.6 Å².